The summed E-state index contributed by atoms with van der Waals surface area (Å²) < 4.78 is 61.0. The van der Waals surface area contributed by atoms with E-state index in [2.05, 4.69) is 16.2 Å². The van der Waals surface area contributed by atoms with E-state index < -0.39 is 17.6 Å². The molecule has 3 aromatic carbocycles. The van der Waals surface area contributed by atoms with Gasteiger partial charge in [0, 0.05) is 23.6 Å². The van der Waals surface area contributed by atoms with Crippen LogP contribution in [0.2, 0.25) is 0 Å². The van der Waals surface area contributed by atoms with Crippen LogP contribution in [0.25, 0.3) is 22.3 Å². The van der Waals surface area contributed by atoms with Crippen LogP contribution in [0.1, 0.15) is 47.8 Å². The highest BCUT2D eigenvalue weighted by Crippen LogP contribution is 2.32. The molecule has 1 unspecified atom stereocenters. The van der Waals surface area contributed by atoms with E-state index in [1.54, 1.807) is 28.8 Å². The normalized spacial score (nSPS) is 12.4. The lowest BCUT2D eigenvalue weighted by molar-refractivity contribution is -0.137. The van der Waals surface area contributed by atoms with Gasteiger partial charge in [-0.25, -0.2) is 4.39 Å². The number of nitriles is 1. The third kappa shape index (κ3) is 5.50. The number of nitrogens with zero attached hydrogens (tertiary/aromatic N) is 4. The average Bonchev–Trinajstić information content (AvgIpc) is 3.43. The molecule has 5 aromatic rings. The highest BCUT2D eigenvalue weighted by molar-refractivity contribution is 5.83. The molecule has 0 radical (unpaired) electrons. The number of pyridine rings is 1. The number of fused-ring (bicyclic) bond motifs is 1. The fourth-order valence-electron chi connectivity index (χ4n) is 4.66. The second-order valence-corrected chi connectivity index (χ2v) is 9.29. The van der Waals surface area contributed by atoms with Crippen molar-refractivity contribution in [2.75, 3.05) is 0 Å². The molecule has 0 spiro atoms. The second-order valence-electron chi connectivity index (χ2n) is 9.29. The Bertz CT molecular complexity index is 1750. The summed E-state index contributed by atoms with van der Waals surface area (Å²) >= 11 is 0. The first-order chi connectivity index (χ1) is 19.3. The summed E-state index contributed by atoms with van der Waals surface area (Å²) in [5.41, 5.74) is 0.0596. The monoisotopic (exact) mass is 546 g/mol. The van der Waals surface area contributed by atoms with E-state index in [-0.39, 0.29) is 40.7 Å². The van der Waals surface area contributed by atoms with Crippen molar-refractivity contribution in [2.45, 2.75) is 37.9 Å². The first-order valence-electron chi connectivity index (χ1n) is 12.5. The van der Waals surface area contributed by atoms with Crippen molar-refractivity contribution in [3.8, 4) is 17.5 Å². The van der Waals surface area contributed by atoms with Gasteiger partial charge < -0.3 is 9.09 Å². The smallest absolute Gasteiger partial charge is 0.342 e. The van der Waals surface area contributed by atoms with Crippen LogP contribution >= 0.6 is 0 Å². The summed E-state index contributed by atoms with van der Waals surface area (Å²) in [4.78, 5) is 18.0. The zero-order valence-corrected chi connectivity index (χ0v) is 21.0. The fourth-order valence-corrected chi connectivity index (χ4v) is 4.66. The minimum absolute atomic E-state index is 0.0168. The van der Waals surface area contributed by atoms with E-state index in [1.807, 2.05) is 30.3 Å². The van der Waals surface area contributed by atoms with Gasteiger partial charge in [0.05, 0.1) is 35.2 Å². The standard InChI is InChI=1S/C30H22F4N4O2/c31-25-16-21(30(32,33)34)14-13-20(25)17-38-18-24(27(39)23-11-4-5-12-26(23)38)28-36-29(40-37-28)22(10-6-7-15-35)19-8-2-1-3-9-19/h1-5,8-9,11-14,16,18,22H,6-7,10,17H2. The van der Waals surface area contributed by atoms with Gasteiger partial charge in [-0.15, -0.1) is 0 Å². The molecule has 2 aromatic heterocycles. The first kappa shape index (κ1) is 26.8. The Hall–Kier alpha value is -4.78. The molecule has 10 heteroatoms. The van der Waals surface area contributed by atoms with Gasteiger partial charge in [-0.05, 0) is 42.7 Å². The van der Waals surface area contributed by atoms with Crippen LogP contribution in [0.5, 0.6) is 0 Å². The minimum atomic E-state index is -4.67. The summed E-state index contributed by atoms with van der Waals surface area (Å²) in [5, 5.41) is 13.4. The molecular weight excluding hydrogens is 524 g/mol. The lowest BCUT2D eigenvalue weighted by atomic mass is 9.93. The number of aromatic nitrogens is 3. The van der Waals surface area contributed by atoms with Gasteiger partial charge in [0.2, 0.25) is 17.1 Å². The van der Waals surface area contributed by atoms with Crippen molar-refractivity contribution in [3.63, 3.8) is 0 Å². The predicted octanol–water partition coefficient (Wildman–Crippen LogP) is 7.08. The lowest BCUT2D eigenvalue weighted by Gasteiger charge is -2.14. The number of alkyl halides is 3. The van der Waals surface area contributed by atoms with Gasteiger partial charge in [-0.2, -0.15) is 23.4 Å². The molecule has 1 atom stereocenters. The third-order valence-corrected chi connectivity index (χ3v) is 6.67. The zero-order chi connectivity index (χ0) is 28.3. The summed E-state index contributed by atoms with van der Waals surface area (Å²) in [6, 6.07) is 20.6. The van der Waals surface area contributed by atoms with Crippen molar-refractivity contribution < 1.29 is 22.1 Å². The maximum absolute atomic E-state index is 14.7. The summed E-state index contributed by atoms with van der Waals surface area (Å²) in [7, 11) is 0. The Labute approximate surface area is 226 Å². The Balaban J connectivity index is 1.56. The molecule has 40 heavy (non-hydrogen) atoms. The van der Waals surface area contributed by atoms with Gasteiger partial charge in [0.25, 0.3) is 0 Å². The molecule has 0 amide bonds. The lowest BCUT2D eigenvalue weighted by Crippen LogP contribution is -2.14. The van der Waals surface area contributed by atoms with Gasteiger partial charge in [0.1, 0.15) is 5.82 Å². The van der Waals surface area contributed by atoms with Crippen LogP contribution in [-0.2, 0) is 12.7 Å². The summed E-state index contributed by atoms with van der Waals surface area (Å²) in [6.07, 6.45) is -1.66. The molecular formula is C30H22F4N4O2. The van der Waals surface area contributed by atoms with Crippen molar-refractivity contribution in [3.05, 3.63) is 118 Å². The van der Waals surface area contributed by atoms with E-state index in [9.17, 15) is 22.4 Å². The van der Waals surface area contributed by atoms with Crippen molar-refractivity contribution in [1.82, 2.24) is 14.7 Å². The number of halogens is 4. The number of para-hydroxylation sites is 1. The van der Waals surface area contributed by atoms with Crippen LogP contribution in [0.15, 0.2) is 88.3 Å². The van der Waals surface area contributed by atoms with Crippen LogP contribution in [0.4, 0.5) is 17.6 Å². The van der Waals surface area contributed by atoms with E-state index in [0.29, 0.717) is 36.2 Å². The van der Waals surface area contributed by atoms with Crippen LogP contribution in [-0.4, -0.2) is 14.7 Å². The average molecular weight is 547 g/mol. The van der Waals surface area contributed by atoms with Crippen LogP contribution < -0.4 is 5.43 Å². The van der Waals surface area contributed by atoms with Gasteiger partial charge >= 0.3 is 6.18 Å². The number of benzene rings is 3. The molecule has 0 fully saturated rings. The molecule has 0 aliphatic carbocycles. The molecule has 0 saturated heterocycles. The summed E-state index contributed by atoms with van der Waals surface area (Å²) in [5.74, 6) is -0.982. The molecule has 5 rings (SSSR count). The first-order valence-corrected chi connectivity index (χ1v) is 12.5. The predicted molar refractivity (Wildman–Crippen MR) is 140 cm³/mol. The van der Waals surface area contributed by atoms with E-state index in [0.717, 1.165) is 17.7 Å². The second kappa shape index (κ2) is 11.1. The molecule has 0 bridgehead atoms. The maximum Gasteiger partial charge on any atom is 0.416 e. The highest BCUT2D eigenvalue weighted by Gasteiger charge is 2.31. The number of hydrogen-bond acceptors (Lipinski definition) is 5. The Morgan fingerprint density at radius 2 is 1.77 bits per heavy atom. The molecule has 0 saturated carbocycles. The van der Waals surface area contributed by atoms with Gasteiger partial charge in [0.15, 0.2) is 0 Å². The van der Waals surface area contributed by atoms with Gasteiger partial charge in [-0.3, -0.25) is 4.79 Å². The zero-order valence-electron chi connectivity index (χ0n) is 21.0. The fraction of sp³-hybridized carbons (Fsp3) is 0.200. The molecule has 6 nitrogen and oxygen atoms in total. The van der Waals surface area contributed by atoms with Crippen LogP contribution in [0, 0.1) is 17.1 Å². The number of rotatable bonds is 8. The quantitative estimate of drug-likeness (QED) is 0.153. The number of unbranched alkanes of at least 4 members (excludes halogenated alkanes) is 1. The Morgan fingerprint density at radius 3 is 2.50 bits per heavy atom. The molecule has 0 aliphatic heterocycles. The third-order valence-electron chi connectivity index (χ3n) is 6.67. The van der Waals surface area contributed by atoms with E-state index in [4.69, 9.17) is 9.78 Å². The van der Waals surface area contributed by atoms with Crippen LogP contribution in [0.3, 0.4) is 0 Å². The number of hydrogen-bond donors (Lipinski definition) is 0. The maximum atomic E-state index is 14.7. The SMILES string of the molecule is N#CCCCC(c1ccccc1)c1nc(-c2cn(Cc3ccc(C(F)(F)F)cc3F)c3ccccc3c2=O)no1. The van der Waals surface area contributed by atoms with E-state index in [1.165, 1.54) is 6.20 Å². The topological polar surface area (TPSA) is 84.7 Å². The highest BCUT2D eigenvalue weighted by atomic mass is 19.4. The molecule has 0 aliphatic rings. The van der Waals surface area contributed by atoms with Crippen molar-refractivity contribution in [2.24, 2.45) is 0 Å². The van der Waals surface area contributed by atoms with Crippen molar-refractivity contribution in [1.29, 1.82) is 5.26 Å². The molecule has 0 N–H and O–H groups in total. The molecule has 2 heterocycles. The van der Waals surface area contributed by atoms with E-state index >= 15 is 0 Å². The minimum Gasteiger partial charge on any atom is -0.342 e. The largest absolute Gasteiger partial charge is 0.416 e. The Kier molecular flexibility index (Phi) is 7.47. The van der Waals surface area contributed by atoms with Gasteiger partial charge in [-0.1, -0.05) is 53.7 Å². The molecule has 202 valence electrons. The van der Waals surface area contributed by atoms with Crippen molar-refractivity contribution >= 4 is 10.9 Å². The summed E-state index contributed by atoms with van der Waals surface area (Å²) in [6.45, 7) is -0.136. The Morgan fingerprint density at radius 1 is 1.02 bits per heavy atom.